The van der Waals surface area contributed by atoms with E-state index in [1.54, 1.807) is 11.8 Å². The number of carbonyl (C=O) groups is 1. The molecule has 0 aliphatic carbocycles. The van der Waals surface area contributed by atoms with Gasteiger partial charge in [-0.3, -0.25) is 10.2 Å². The highest BCUT2D eigenvalue weighted by Gasteiger charge is 2.21. The standard InChI is InChI=1S/C9H20N2OS/c1-6(2)5-13-8(7(3)4)9(12)11-10/h6-8H,5,10H2,1-4H3,(H,11,12). The third-order valence-corrected chi connectivity index (χ3v) is 3.59. The van der Waals surface area contributed by atoms with E-state index >= 15 is 0 Å². The van der Waals surface area contributed by atoms with Gasteiger partial charge in [0.15, 0.2) is 0 Å². The van der Waals surface area contributed by atoms with Crippen LogP contribution in [0, 0.1) is 11.8 Å². The molecule has 0 aromatic heterocycles. The van der Waals surface area contributed by atoms with Crippen molar-refractivity contribution in [3.8, 4) is 0 Å². The molecular formula is C9H20N2OS. The summed E-state index contributed by atoms with van der Waals surface area (Å²) in [5.41, 5.74) is 2.21. The fraction of sp³-hybridized carbons (Fsp3) is 0.889. The number of hydrogen-bond acceptors (Lipinski definition) is 3. The van der Waals surface area contributed by atoms with E-state index in [9.17, 15) is 4.79 Å². The van der Waals surface area contributed by atoms with Gasteiger partial charge in [0.25, 0.3) is 0 Å². The predicted octanol–water partition coefficient (Wildman–Crippen LogP) is 1.39. The summed E-state index contributed by atoms with van der Waals surface area (Å²) < 4.78 is 0. The summed E-state index contributed by atoms with van der Waals surface area (Å²) >= 11 is 1.68. The Labute approximate surface area is 84.8 Å². The lowest BCUT2D eigenvalue weighted by Crippen LogP contribution is -2.40. The summed E-state index contributed by atoms with van der Waals surface area (Å²) in [6, 6.07) is 0. The number of hydrogen-bond donors (Lipinski definition) is 2. The number of nitrogens with two attached hydrogens (primary N) is 1. The molecule has 0 aromatic rings. The average Bonchev–Trinajstić information content (AvgIpc) is 2.03. The summed E-state index contributed by atoms with van der Waals surface area (Å²) in [6.07, 6.45) is 0. The highest BCUT2D eigenvalue weighted by molar-refractivity contribution is 8.00. The van der Waals surface area contributed by atoms with Crippen LogP contribution in [0.15, 0.2) is 0 Å². The quantitative estimate of drug-likeness (QED) is 0.404. The fourth-order valence-electron chi connectivity index (χ4n) is 0.949. The van der Waals surface area contributed by atoms with E-state index in [0.29, 0.717) is 11.8 Å². The van der Waals surface area contributed by atoms with Crippen molar-refractivity contribution >= 4 is 17.7 Å². The SMILES string of the molecule is CC(C)CSC(C(=O)NN)C(C)C. The van der Waals surface area contributed by atoms with Gasteiger partial charge in [0.05, 0.1) is 5.25 Å². The third-order valence-electron chi connectivity index (χ3n) is 1.62. The summed E-state index contributed by atoms with van der Waals surface area (Å²) in [6.45, 7) is 8.36. The largest absolute Gasteiger partial charge is 0.293 e. The molecule has 3 nitrogen and oxygen atoms in total. The first-order chi connectivity index (χ1) is 5.99. The number of amides is 1. The van der Waals surface area contributed by atoms with Crippen molar-refractivity contribution < 1.29 is 4.79 Å². The first-order valence-electron chi connectivity index (χ1n) is 4.61. The minimum atomic E-state index is -0.0688. The Hall–Kier alpha value is -0.220. The smallest absolute Gasteiger partial charge is 0.247 e. The molecule has 1 amide bonds. The average molecular weight is 204 g/mol. The molecular weight excluding hydrogens is 184 g/mol. The van der Waals surface area contributed by atoms with Gasteiger partial charge in [0, 0.05) is 0 Å². The van der Waals surface area contributed by atoms with Crippen LogP contribution >= 0.6 is 11.8 Å². The van der Waals surface area contributed by atoms with Crippen LogP contribution in [0.5, 0.6) is 0 Å². The molecule has 0 aliphatic heterocycles. The molecule has 0 fully saturated rings. The van der Waals surface area contributed by atoms with Crippen LogP contribution in [0.4, 0.5) is 0 Å². The van der Waals surface area contributed by atoms with E-state index in [1.807, 2.05) is 13.8 Å². The normalized spacial score (nSPS) is 13.5. The second kappa shape index (κ2) is 6.27. The number of rotatable bonds is 5. The van der Waals surface area contributed by atoms with Gasteiger partial charge in [-0.1, -0.05) is 27.7 Å². The predicted molar refractivity (Wildman–Crippen MR) is 58.3 cm³/mol. The van der Waals surface area contributed by atoms with Crippen LogP contribution in [0.2, 0.25) is 0 Å². The van der Waals surface area contributed by atoms with Crippen LogP contribution in [-0.2, 0) is 4.79 Å². The Morgan fingerprint density at radius 3 is 2.23 bits per heavy atom. The van der Waals surface area contributed by atoms with Gasteiger partial charge in [-0.25, -0.2) is 5.84 Å². The Morgan fingerprint density at radius 2 is 1.92 bits per heavy atom. The van der Waals surface area contributed by atoms with Gasteiger partial charge in [-0.2, -0.15) is 0 Å². The van der Waals surface area contributed by atoms with Crippen LogP contribution in [0.1, 0.15) is 27.7 Å². The van der Waals surface area contributed by atoms with E-state index < -0.39 is 0 Å². The van der Waals surface area contributed by atoms with Crippen molar-refractivity contribution in [2.45, 2.75) is 32.9 Å². The summed E-state index contributed by atoms with van der Waals surface area (Å²) in [5.74, 6) is 6.97. The van der Waals surface area contributed by atoms with E-state index in [4.69, 9.17) is 5.84 Å². The molecule has 0 heterocycles. The minimum Gasteiger partial charge on any atom is -0.293 e. The third kappa shape index (κ3) is 5.16. The maximum atomic E-state index is 11.3. The monoisotopic (exact) mass is 204 g/mol. The number of hydrazine groups is 1. The zero-order valence-electron chi connectivity index (χ0n) is 8.83. The number of nitrogens with one attached hydrogen (secondary N) is 1. The molecule has 13 heavy (non-hydrogen) atoms. The van der Waals surface area contributed by atoms with E-state index in [0.717, 1.165) is 5.75 Å². The van der Waals surface area contributed by atoms with Gasteiger partial charge in [-0.05, 0) is 17.6 Å². The van der Waals surface area contributed by atoms with Crippen LogP contribution in [-0.4, -0.2) is 16.9 Å². The molecule has 1 atom stereocenters. The van der Waals surface area contributed by atoms with Crippen molar-refractivity contribution in [3.05, 3.63) is 0 Å². The first kappa shape index (κ1) is 12.8. The second-order valence-electron chi connectivity index (χ2n) is 3.90. The van der Waals surface area contributed by atoms with Gasteiger partial charge in [0.2, 0.25) is 5.91 Å². The molecule has 1 unspecified atom stereocenters. The van der Waals surface area contributed by atoms with Crippen molar-refractivity contribution in [2.24, 2.45) is 17.7 Å². The summed E-state index contributed by atoms with van der Waals surface area (Å²) in [7, 11) is 0. The lowest BCUT2D eigenvalue weighted by Gasteiger charge is -2.19. The minimum absolute atomic E-state index is 0.0209. The van der Waals surface area contributed by atoms with E-state index in [2.05, 4.69) is 19.3 Å². The van der Waals surface area contributed by atoms with Gasteiger partial charge < -0.3 is 0 Å². The molecule has 4 heteroatoms. The van der Waals surface area contributed by atoms with E-state index in [1.165, 1.54) is 0 Å². The molecule has 0 aromatic carbocycles. The lowest BCUT2D eigenvalue weighted by molar-refractivity contribution is -0.121. The van der Waals surface area contributed by atoms with Crippen LogP contribution in [0.3, 0.4) is 0 Å². The van der Waals surface area contributed by atoms with Crippen LogP contribution < -0.4 is 11.3 Å². The summed E-state index contributed by atoms with van der Waals surface area (Å²) in [4.78, 5) is 11.3. The van der Waals surface area contributed by atoms with E-state index in [-0.39, 0.29) is 11.2 Å². The molecule has 0 radical (unpaired) electrons. The summed E-state index contributed by atoms with van der Waals surface area (Å²) in [5, 5.41) is -0.0209. The van der Waals surface area contributed by atoms with Gasteiger partial charge >= 0.3 is 0 Å². The molecule has 0 saturated heterocycles. The molecule has 3 N–H and O–H groups in total. The fourth-order valence-corrected chi connectivity index (χ4v) is 2.15. The Balaban J connectivity index is 4.03. The topological polar surface area (TPSA) is 55.1 Å². The maximum Gasteiger partial charge on any atom is 0.247 e. The van der Waals surface area contributed by atoms with Gasteiger partial charge in [-0.15, -0.1) is 11.8 Å². The molecule has 0 rings (SSSR count). The Kier molecular flexibility index (Phi) is 6.16. The zero-order chi connectivity index (χ0) is 10.4. The lowest BCUT2D eigenvalue weighted by atomic mass is 10.1. The second-order valence-corrected chi connectivity index (χ2v) is 5.07. The molecule has 78 valence electrons. The first-order valence-corrected chi connectivity index (χ1v) is 5.66. The number of carbonyl (C=O) groups excluding carboxylic acids is 1. The van der Waals surface area contributed by atoms with Crippen molar-refractivity contribution in [2.75, 3.05) is 5.75 Å². The van der Waals surface area contributed by atoms with Crippen molar-refractivity contribution in [3.63, 3.8) is 0 Å². The molecule has 0 aliphatic rings. The molecule has 0 bridgehead atoms. The van der Waals surface area contributed by atoms with Crippen LogP contribution in [0.25, 0.3) is 0 Å². The Morgan fingerprint density at radius 1 is 1.38 bits per heavy atom. The maximum absolute atomic E-state index is 11.3. The highest BCUT2D eigenvalue weighted by Crippen LogP contribution is 2.21. The van der Waals surface area contributed by atoms with Crippen molar-refractivity contribution in [1.29, 1.82) is 0 Å². The molecule has 0 spiro atoms. The molecule has 0 saturated carbocycles. The highest BCUT2D eigenvalue weighted by atomic mass is 32.2. The van der Waals surface area contributed by atoms with Gasteiger partial charge in [0.1, 0.15) is 0 Å². The zero-order valence-corrected chi connectivity index (χ0v) is 9.65. The Bertz CT molecular complexity index is 160. The van der Waals surface area contributed by atoms with Crippen molar-refractivity contribution in [1.82, 2.24) is 5.43 Å². The number of thioether (sulfide) groups is 1.